The van der Waals surface area contributed by atoms with E-state index in [2.05, 4.69) is 0 Å². The molecule has 1 saturated heterocycles. The Morgan fingerprint density at radius 1 is 1.32 bits per heavy atom. The molecule has 2 rings (SSSR count). The van der Waals surface area contributed by atoms with Gasteiger partial charge in [0.25, 0.3) is 5.91 Å². The lowest BCUT2D eigenvalue weighted by molar-refractivity contribution is -0.143. The maximum atomic E-state index is 12.6. The van der Waals surface area contributed by atoms with E-state index in [1.807, 2.05) is 0 Å². The molecule has 120 valence electrons. The third-order valence-corrected chi connectivity index (χ3v) is 4.02. The summed E-state index contributed by atoms with van der Waals surface area (Å²) in [5.74, 6) is -0.919. The number of ether oxygens (including phenoxy) is 2. The van der Waals surface area contributed by atoms with Crippen molar-refractivity contribution in [3.05, 3.63) is 22.7 Å². The average molecular weight is 328 g/mol. The molecule has 1 aliphatic rings. The minimum absolute atomic E-state index is 0.208. The first-order chi connectivity index (χ1) is 10.5. The zero-order chi connectivity index (χ0) is 16.3. The van der Waals surface area contributed by atoms with Crippen LogP contribution in [0.25, 0.3) is 0 Å². The number of methoxy groups -OCH3 is 2. The monoisotopic (exact) mass is 327 g/mol. The molecule has 0 unspecified atom stereocenters. The van der Waals surface area contributed by atoms with E-state index >= 15 is 0 Å². The van der Waals surface area contributed by atoms with Crippen LogP contribution >= 0.6 is 11.6 Å². The van der Waals surface area contributed by atoms with E-state index < -0.39 is 11.9 Å². The molecule has 1 atom stereocenters. The summed E-state index contributed by atoms with van der Waals surface area (Å²) < 4.78 is 10.3. The largest absolute Gasteiger partial charge is 0.493 e. The molecule has 0 aliphatic carbocycles. The van der Waals surface area contributed by atoms with Gasteiger partial charge in [0.1, 0.15) is 0 Å². The summed E-state index contributed by atoms with van der Waals surface area (Å²) in [7, 11) is 2.93. The smallest absolute Gasteiger partial charge is 0.308 e. The normalized spacial score (nSPS) is 18.0. The van der Waals surface area contributed by atoms with Crippen LogP contribution in [0.2, 0.25) is 5.02 Å². The molecule has 1 aromatic rings. The molecule has 1 amide bonds. The maximum absolute atomic E-state index is 12.6. The van der Waals surface area contributed by atoms with Gasteiger partial charge in [0.05, 0.1) is 25.2 Å². The number of carboxylic acids is 1. The Bertz CT molecular complexity index is 590. The fourth-order valence-electron chi connectivity index (χ4n) is 2.59. The van der Waals surface area contributed by atoms with Crippen molar-refractivity contribution in [3.63, 3.8) is 0 Å². The van der Waals surface area contributed by atoms with Crippen molar-refractivity contribution in [2.45, 2.75) is 12.8 Å². The standard InChI is InChI=1S/C15H18ClNO5/c1-21-12-7-10(6-11(16)13(12)22-2)14(18)17-5-3-4-9(8-17)15(19)20/h6-7,9H,3-5,8H2,1-2H3,(H,19,20)/t9-/m1/s1. The van der Waals surface area contributed by atoms with Gasteiger partial charge in [-0.15, -0.1) is 0 Å². The van der Waals surface area contributed by atoms with E-state index in [9.17, 15) is 9.59 Å². The van der Waals surface area contributed by atoms with E-state index in [-0.39, 0.29) is 17.5 Å². The van der Waals surface area contributed by atoms with Crippen molar-refractivity contribution in [1.29, 1.82) is 0 Å². The SMILES string of the molecule is COc1cc(C(=O)N2CCC[C@@H](C(=O)O)C2)cc(Cl)c1OC. The van der Waals surface area contributed by atoms with Crippen molar-refractivity contribution in [2.24, 2.45) is 5.92 Å². The van der Waals surface area contributed by atoms with E-state index in [0.717, 1.165) is 0 Å². The average Bonchev–Trinajstić information content (AvgIpc) is 2.53. The second-order valence-electron chi connectivity index (χ2n) is 5.12. The molecule has 1 N–H and O–H groups in total. The van der Waals surface area contributed by atoms with Gasteiger partial charge in [-0.2, -0.15) is 0 Å². The number of aliphatic carboxylic acids is 1. The van der Waals surface area contributed by atoms with Crippen molar-refractivity contribution < 1.29 is 24.2 Å². The van der Waals surface area contributed by atoms with Gasteiger partial charge in [0, 0.05) is 18.7 Å². The Kier molecular flexibility index (Phi) is 5.13. The molecule has 1 aliphatic heterocycles. The van der Waals surface area contributed by atoms with Crippen LogP contribution in [0.15, 0.2) is 12.1 Å². The van der Waals surface area contributed by atoms with Crippen LogP contribution < -0.4 is 9.47 Å². The third kappa shape index (κ3) is 3.27. The Morgan fingerprint density at radius 2 is 2.05 bits per heavy atom. The lowest BCUT2D eigenvalue weighted by Crippen LogP contribution is -2.42. The Balaban J connectivity index is 2.25. The number of hydrogen-bond acceptors (Lipinski definition) is 4. The number of carbonyl (C=O) groups is 2. The molecule has 7 heteroatoms. The van der Waals surface area contributed by atoms with Crippen LogP contribution in [0.5, 0.6) is 11.5 Å². The molecule has 0 spiro atoms. The van der Waals surface area contributed by atoms with Crippen molar-refractivity contribution in [2.75, 3.05) is 27.3 Å². The number of benzene rings is 1. The number of amides is 1. The second kappa shape index (κ2) is 6.87. The predicted octanol–water partition coefficient (Wildman–Crippen LogP) is 2.29. The van der Waals surface area contributed by atoms with Gasteiger partial charge in [-0.05, 0) is 25.0 Å². The van der Waals surface area contributed by atoms with Gasteiger partial charge >= 0.3 is 5.97 Å². The van der Waals surface area contributed by atoms with E-state index in [4.69, 9.17) is 26.2 Å². The van der Waals surface area contributed by atoms with Crippen LogP contribution in [0.1, 0.15) is 23.2 Å². The van der Waals surface area contributed by atoms with Crippen LogP contribution in [-0.2, 0) is 4.79 Å². The second-order valence-corrected chi connectivity index (χ2v) is 5.53. The summed E-state index contributed by atoms with van der Waals surface area (Å²) in [5.41, 5.74) is 0.355. The zero-order valence-corrected chi connectivity index (χ0v) is 13.2. The molecule has 0 radical (unpaired) electrons. The first-order valence-corrected chi connectivity index (χ1v) is 7.29. The van der Waals surface area contributed by atoms with Gasteiger partial charge < -0.3 is 19.5 Å². The molecular formula is C15H18ClNO5. The topological polar surface area (TPSA) is 76.1 Å². The number of nitrogens with zero attached hydrogens (tertiary/aromatic N) is 1. The van der Waals surface area contributed by atoms with Gasteiger partial charge in [0.15, 0.2) is 11.5 Å². The maximum Gasteiger partial charge on any atom is 0.308 e. The predicted molar refractivity (Wildman–Crippen MR) is 80.8 cm³/mol. The molecule has 1 heterocycles. The van der Waals surface area contributed by atoms with Crippen LogP contribution in [-0.4, -0.2) is 49.2 Å². The zero-order valence-electron chi connectivity index (χ0n) is 12.5. The van der Waals surface area contributed by atoms with E-state index in [1.165, 1.54) is 20.3 Å². The minimum atomic E-state index is -0.872. The fraction of sp³-hybridized carbons (Fsp3) is 0.467. The Labute approximate surface area is 133 Å². The molecule has 1 aromatic carbocycles. The van der Waals surface area contributed by atoms with E-state index in [1.54, 1.807) is 11.0 Å². The molecule has 0 saturated carbocycles. The molecule has 0 aromatic heterocycles. The highest BCUT2D eigenvalue weighted by atomic mass is 35.5. The third-order valence-electron chi connectivity index (χ3n) is 3.74. The van der Waals surface area contributed by atoms with Crippen LogP contribution in [0.4, 0.5) is 0 Å². The molecule has 1 fully saturated rings. The van der Waals surface area contributed by atoms with Crippen molar-refractivity contribution >= 4 is 23.5 Å². The highest BCUT2D eigenvalue weighted by molar-refractivity contribution is 6.32. The van der Waals surface area contributed by atoms with Gasteiger partial charge in [-0.3, -0.25) is 9.59 Å². The molecule has 22 heavy (non-hydrogen) atoms. The number of likely N-dealkylation sites (tertiary alicyclic amines) is 1. The summed E-state index contributed by atoms with van der Waals surface area (Å²) in [6, 6.07) is 3.06. The number of piperidine rings is 1. The Hall–Kier alpha value is -1.95. The first-order valence-electron chi connectivity index (χ1n) is 6.91. The summed E-state index contributed by atoms with van der Waals surface area (Å²) in [5, 5.41) is 9.38. The summed E-state index contributed by atoms with van der Waals surface area (Å²) in [4.78, 5) is 25.2. The Morgan fingerprint density at radius 3 is 2.64 bits per heavy atom. The molecule has 6 nitrogen and oxygen atoms in total. The van der Waals surface area contributed by atoms with Gasteiger partial charge in [0.2, 0.25) is 0 Å². The number of hydrogen-bond donors (Lipinski definition) is 1. The van der Waals surface area contributed by atoms with Crippen LogP contribution in [0, 0.1) is 5.92 Å². The number of rotatable bonds is 4. The lowest BCUT2D eigenvalue weighted by Gasteiger charge is -2.31. The fourth-order valence-corrected chi connectivity index (χ4v) is 2.87. The number of carboxylic acid groups (broad SMARTS) is 1. The summed E-state index contributed by atoms with van der Waals surface area (Å²) in [6.07, 6.45) is 1.26. The summed E-state index contributed by atoms with van der Waals surface area (Å²) >= 11 is 6.11. The van der Waals surface area contributed by atoms with Crippen molar-refractivity contribution in [1.82, 2.24) is 4.90 Å². The molecular weight excluding hydrogens is 310 g/mol. The highest BCUT2D eigenvalue weighted by Crippen LogP contribution is 2.36. The van der Waals surface area contributed by atoms with Gasteiger partial charge in [-0.25, -0.2) is 0 Å². The lowest BCUT2D eigenvalue weighted by atomic mass is 9.97. The van der Waals surface area contributed by atoms with Crippen LogP contribution in [0.3, 0.4) is 0 Å². The minimum Gasteiger partial charge on any atom is -0.493 e. The molecule has 0 bridgehead atoms. The number of halogens is 1. The summed E-state index contributed by atoms with van der Waals surface area (Å²) in [6.45, 7) is 0.745. The highest BCUT2D eigenvalue weighted by Gasteiger charge is 2.29. The number of carbonyl (C=O) groups excluding carboxylic acids is 1. The van der Waals surface area contributed by atoms with Gasteiger partial charge in [-0.1, -0.05) is 11.6 Å². The van der Waals surface area contributed by atoms with E-state index in [0.29, 0.717) is 36.4 Å². The quantitative estimate of drug-likeness (QED) is 0.918. The van der Waals surface area contributed by atoms with Crippen molar-refractivity contribution in [3.8, 4) is 11.5 Å². The first kappa shape index (κ1) is 16.4.